The molecule has 2 aliphatic carbocycles. The van der Waals surface area contributed by atoms with Crippen molar-refractivity contribution in [3.63, 3.8) is 0 Å². The van der Waals surface area contributed by atoms with Gasteiger partial charge in [0.25, 0.3) is 0 Å². The Bertz CT molecular complexity index is 401. The molecular weight excluding hydrogens is 277 g/mol. The number of nitrogens with one attached hydrogen (secondary N) is 1. The van der Waals surface area contributed by atoms with Crippen LogP contribution in [-0.4, -0.2) is 46.3 Å². The number of urea groups is 1. The summed E-state index contributed by atoms with van der Waals surface area (Å²) in [5.74, 6) is -1.22. The predicted molar refractivity (Wildman–Crippen MR) is 63.1 cm³/mol. The quantitative estimate of drug-likeness (QED) is 0.834. The zero-order valence-corrected chi connectivity index (χ0v) is 10.9. The minimum absolute atomic E-state index is 0.145. The summed E-state index contributed by atoms with van der Waals surface area (Å²) in [6, 6.07) is -1.20. The Kier molecular flexibility index (Phi) is 3.84. The molecule has 0 atom stereocenters. The number of hydrogen-bond donors (Lipinski definition) is 2. The van der Waals surface area contributed by atoms with Crippen molar-refractivity contribution in [3.05, 3.63) is 0 Å². The molecule has 0 aromatic carbocycles. The number of carboxylic acids is 1. The summed E-state index contributed by atoms with van der Waals surface area (Å²) in [6.45, 7) is -0.565. The molecule has 2 aliphatic rings. The van der Waals surface area contributed by atoms with Gasteiger partial charge >= 0.3 is 18.2 Å². The van der Waals surface area contributed by atoms with Gasteiger partial charge in [-0.2, -0.15) is 13.2 Å². The van der Waals surface area contributed by atoms with Crippen LogP contribution in [0.3, 0.4) is 0 Å². The van der Waals surface area contributed by atoms with E-state index in [2.05, 4.69) is 0 Å². The monoisotopic (exact) mass is 294 g/mol. The van der Waals surface area contributed by atoms with Gasteiger partial charge in [-0.3, -0.25) is 4.79 Å². The second-order valence-electron chi connectivity index (χ2n) is 5.47. The molecular formula is C12H17F3N2O3. The molecule has 0 spiro atoms. The Morgan fingerprint density at radius 2 is 1.80 bits per heavy atom. The first-order valence-corrected chi connectivity index (χ1v) is 6.62. The maximum absolute atomic E-state index is 12.8. The third-order valence-corrected chi connectivity index (χ3v) is 3.97. The van der Waals surface area contributed by atoms with Crippen LogP contribution in [0, 0.1) is 0 Å². The number of halogens is 3. The SMILES string of the molecule is O=C(O)CN(C(=O)NC1(C(F)(F)F)CC1)C1CCCC1. The van der Waals surface area contributed by atoms with Crippen molar-refractivity contribution >= 4 is 12.0 Å². The molecule has 114 valence electrons. The van der Waals surface area contributed by atoms with Crippen LogP contribution < -0.4 is 5.32 Å². The van der Waals surface area contributed by atoms with Crippen molar-refractivity contribution in [1.29, 1.82) is 0 Å². The highest BCUT2D eigenvalue weighted by molar-refractivity contribution is 5.81. The first-order chi connectivity index (χ1) is 9.25. The highest BCUT2D eigenvalue weighted by atomic mass is 19.4. The van der Waals surface area contributed by atoms with Crippen LogP contribution >= 0.6 is 0 Å². The van der Waals surface area contributed by atoms with E-state index in [0.29, 0.717) is 12.8 Å². The topological polar surface area (TPSA) is 69.6 Å². The second-order valence-corrected chi connectivity index (χ2v) is 5.47. The number of hydrogen-bond acceptors (Lipinski definition) is 2. The molecule has 2 N–H and O–H groups in total. The molecule has 2 saturated carbocycles. The van der Waals surface area contributed by atoms with E-state index in [4.69, 9.17) is 5.11 Å². The van der Waals surface area contributed by atoms with Gasteiger partial charge in [0, 0.05) is 6.04 Å². The van der Waals surface area contributed by atoms with Crippen molar-refractivity contribution in [1.82, 2.24) is 10.2 Å². The van der Waals surface area contributed by atoms with E-state index in [-0.39, 0.29) is 18.9 Å². The van der Waals surface area contributed by atoms with Gasteiger partial charge in [0.05, 0.1) is 0 Å². The summed E-state index contributed by atoms with van der Waals surface area (Å²) >= 11 is 0. The smallest absolute Gasteiger partial charge is 0.411 e. The van der Waals surface area contributed by atoms with E-state index in [0.717, 1.165) is 17.7 Å². The van der Waals surface area contributed by atoms with E-state index in [1.807, 2.05) is 5.32 Å². The number of nitrogens with zero attached hydrogens (tertiary/aromatic N) is 1. The van der Waals surface area contributed by atoms with Crippen LogP contribution in [-0.2, 0) is 4.79 Å². The number of rotatable bonds is 4. The van der Waals surface area contributed by atoms with Gasteiger partial charge in [0.2, 0.25) is 0 Å². The molecule has 0 aromatic heterocycles. The molecule has 2 amide bonds. The first kappa shape index (κ1) is 14.9. The minimum Gasteiger partial charge on any atom is -0.480 e. The highest BCUT2D eigenvalue weighted by Gasteiger charge is 2.64. The fraction of sp³-hybridized carbons (Fsp3) is 0.833. The molecule has 0 heterocycles. The Balaban J connectivity index is 2.05. The summed E-state index contributed by atoms with van der Waals surface area (Å²) in [4.78, 5) is 23.9. The molecule has 2 fully saturated rings. The molecule has 0 aromatic rings. The Hall–Kier alpha value is -1.47. The lowest BCUT2D eigenvalue weighted by Gasteiger charge is -2.30. The number of carbonyl (C=O) groups is 2. The molecule has 0 unspecified atom stereocenters. The van der Waals surface area contributed by atoms with Gasteiger partial charge in [-0.05, 0) is 25.7 Å². The van der Waals surface area contributed by atoms with Gasteiger partial charge < -0.3 is 15.3 Å². The van der Waals surface area contributed by atoms with Crippen LogP contribution in [0.2, 0.25) is 0 Å². The van der Waals surface area contributed by atoms with Crippen molar-refractivity contribution < 1.29 is 27.9 Å². The summed E-state index contributed by atoms with van der Waals surface area (Å²) in [7, 11) is 0. The van der Waals surface area contributed by atoms with Crippen LogP contribution in [0.4, 0.5) is 18.0 Å². The van der Waals surface area contributed by atoms with Crippen LogP contribution in [0.25, 0.3) is 0 Å². The van der Waals surface area contributed by atoms with Gasteiger partial charge in [-0.1, -0.05) is 12.8 Å². The maximum atomic E-state index is 12.8. The van der Waals surface area contributed by atoms with Gasteiger partial charge in [-0.15, -0.1) is 0 Å². The average molecular weight is 294 g/mol. The van der Waals surface area contributed by atoms with Gasteiger partial charge in [-0.25, -0.2) is 4.79 Å². The summed E-state index contributed by atoms with van der Waals surface area (Å²) in [5, 5.41) is 10.8. The number of amides is 2. The third-order valence-electron chi connectivity index (χ3n) is 3.97. The number of carboxylic acid groups (broad SMARTS) is 1. The van der Waals surface area contributed by atoms with Crippen LogP contribution in [0.1, 0.15) is 38.5 Å². The van der Waals surface area contributed by atoms with E-state index in [9.17, 15) is 22.8 Å². The van der Waals surface area contributed by atoms with Crippen molar-refractivity contribution in [2.24, 2.45) is 0 Å². The largest absolute Gasteiger partial charge is 0.480 e. The van der Waals surface area contributed by atoms with E-state index < -0.39 is 30.3 Å². The molecule has 2 rings (SSSR count). The fourth-order valence-corrected chi connectivity index (χ4v) is 2.61. The Morgan fingerprint density at radius 3 is 2.20 bits per heavy atom. The maximum Gasteiger partial charge on any atom is 0.411 e. The zero-order valence-electron chi connectivity index (χ0n) is 10.9. The standard InChI is InChI=1S/C12H17F3N2O3/c13-12(14,15)11(5-6-11)16-10(20)17(7-9(18)19)8-3-1-2-4-8/h8H,1-7H2,(H,16,20)(H,18,19). The Labute approximate surface area is 114 Å². The number of aliphatic carboxylic acids is 1. The Morgan fingerprint density at radius 1 is 1.25 bits per heavy atom. The van der Waals surface area contributed by atoms with E-state index in [1.165, 1.54) is 0 Å². The minimum atomic E-state index is -4.49. The van der Waals surface area contributed by atoms with Gasteiger partial charge in [0.15, 0.2) is 0 Å². The van der Waals surface area contributed by atoms with Crippen LogP contribution in [0.15, 0.2) is 0 Å². The molecule has 20 heavy (non-hydrogen) atoms. The van der Waals surface area contributed by atoms with E-state index >= 15 is 0 Å². The molecule has 8 heteroatoms. The average Bonchev–Trinajstić information content (AvgIpc) is 2.91. The molecule has 0 bridgehead atoms. The summed E-state index contributed by atoms with van der Waals surface area (Å²) in [5.41, 5.74) is -2.15. The number of alkyl halides is 3. The van der Waals surface area contributed by atoms with Crippen molar-refractivity contribution in [3.8, 4) is 0 Å². The van der Waals surface area contributed by atoms with Crippen molar-refractivity contribution in [2.75, 3.05) is 6.54 Å². The van der Waals surface area contributed by atoms with Crippen molar-refractivity contribution in [2.45, 2.75) is 56.3 Å². The third kappa shape index (κ3) is 2.99. The van der Waals surface area contributed by atoms with Gasteiger partial charge in [0.1, 0.15) is 12.1 Å². The summed E-state index contributed by atoms with van der Waals surface area (Å²) in [6.07, 6.45) is -1.79. The highest BCUT2D eigenvalue weighted by Crippen LogP contribution is 2.49. The van der Waals surface area contributed by atoms with E-state index in [1.54, 1.807) is 0 Å². The molecule has 0 radical (unpaired) electrons. The lowest BCUT2D eigenvalue weighted by Crippen LogP contribution is -2.55. The lowest BCUT2D eigenvalue weighted by atomic mass is 10.2. The van der Waals surface area contributed by atoms with Crippen LogP contribution in [0.5, 0.6) is 0 Å². The zero-order chi connectivity index (χ0) is 15.0. The molecule has 0 saturated heterocycles. The number of carbonyl (C=O) groups excluding carboxylic acids is 1. The molecule has 5 nitrogen and oxygen atoms in total. The normalized spacial score (nSPS) is 21.6. The second kappa shape index (κ2) is 5.14. The predicted octanol–water partition coefficient (Wildman–Crippen LogP) is 2.12. The fourth-order valence-electron chi connectivity index (χ4n) is 2.61. The first-order valence-electron chi connectivity index (χ1n) is 6.62. The molecule has 0 aliphatic heterocycles. The summed E-state index contributed by atoms with van der Waals surface area (Å²) < 4.78 is 38.4. The lowest BCUT2D eigenvalue weighted by molar-refractivity contribution is -0.163.